The Morgan fingerprint density at radius 2 is 2.29 bits per heavy atom. The first-order chi connectivity index (χ1) is 8.22. The lowest BCUT2D eigenvalue weighted by Gasteiger charge is -2.30. The second-order valence-electron chi connectivity index (χ2n) is 4.39. The third-order valence-corrected chi connectivity index (χ3v) is 3.64. The number of nitrogens with zero attached hydrogens (tertiary/aromatic N) is 2. The van der Waals surface area contributed by atoms with Crippen molar-refractivity contribution >= 4 is 21.7 Å². The van der Waals surface area contributed by atoms with Gasteiger partial charge in [-0.15, -0.1) is 0 Å². The lowest BCUT2D eigenvalue weighted by Crippen LogP contribution is -2.41. The van der Waals surface area contributed by atoms with E-state index >= 15 is 0 Å². The first-order valence-electron chi connectivity index (χ1n) is 6.00. The van der Waals surface area contributed by atoms with Crippen LogP contribution in [-0.4, -0.2) is 24.1 Å². The molecule has 1 aliphatic heterocycles. The van der Waals surface area contributed by atoms with Crippen LogP contribution in [0.1, 0.15) is 25.7 Å². The van der Waals surface area contributed by atoms with Crippen LogP contribution in [0.4, 0.5) is 10.2 Å². The first-order valence-corrected chi connectivity index (χ1v) is 6.79. The summed E-state index contributed by atoms with van der Waals surface area (Å²) >= 11 is 3.22. The highest BCUT2D eigenvalue weighted by Crippen LogP contribution is 2.25. The lowest BCUT2D eigenvalue weighted by atomic mass is 10.1. The van der Waals surface area contributed by atoms with Gasteiger partial charge in [0, 0.05) is 29.8 Å². The largest absolute Gasteiger partial charge is 0.350 e. The maximum absolute atomic E-state index is 13.9. The Morgan fingerprint density at radius 3 is 3.00 bits per heavy atom. The topological polar surface area (TPSA) is 42.1 Å². The summed E-state index contributed by atoms with van der Waals surface area (Å²) in [5, 5.41) is 0. The van der Waals surface area contributed by atoms with E-state index < -0.39 is 0 Å². The van der Waals surface area contributed by atoms with Gasteiger partial charge in [0.2, 0.25) is 0 Å². The third-order valence-electron chi connectivity index (χ3n) is 3.21. The fraction of sp³-hybridized carbons (Fsp3) is 0.583. The quantitative estimate of drug-likeness (QED) is 0.913. The molecule has 0 aromatic carbocycles. The number of anilines is 1. The van der Waals surface area contributed by atoms with Gasteiger partial charge in [0.05, 0.1) is 0 Å². The lowest BCUT2D eigenvalue weighted by molar-refractivity contribution is 0.550. The van der Waals surface area contributed by atoms with E-state index in [-0.39, 0.29) is 11.9 Å². The van der Waals surface area contributed by atoms with Crippen LogP contribution < -0.4 is 10.6 Å². The highest BCUT2D eigenvalue weighted by Gasteiger charge is 2.23. The summed E-state index contributed by atoms with van der Waals surface area (Å²) in [6.07, 6.45) is 6.08. The Bertz CT molecular complexity index is 386. The average molecular weight is 302 g/mol. The molecule has 0 aliphatic carbocycles. The Hall–Kier alpha value is -0.680. The molecule has 0 bridgehead atoms. The summed E-state index contributed by atoms with van der Waals surface area (Å²) in [6, 6.07) is 1.67. The molecule has 2 heterocycles. The molecule has 1 saturated heterocycles. The molecule has 0 spiro atoms. The fourth-order valence-electron chi connectivity index (χ4n) is 2.32. The van der Waals surface area contributed by atoms with Gasteiger partial charge in [-0.2, -0.15) is 0 Å². The zero-order valence-corrected chi connectivity index (χ0v) is 11.3. The fourth-order valence-corrected chi connectivity index (χ4v) is 2.62. The van der Waals surface area contributed by atoms with Gasteiger partial charge in [0.25, 0.3) is 0 Å². The summed E-state index contributed by atoms with van der Waals surface area (Å²) in [7, 11) is 0. The number of nitrogens with two attached hydrogens (primary N) is 1. The molecule has 0 radical (unpaired) electrons. The van der Waals surface area contributed by atoms with E-state index in [9.17, 15) is 4.39 Å². The highest BCUT2D eigenvalue weighted by atomic mass is 79.9. The molecule has 3 nitrogen and oxygen atoms in total. The van der Waals surface area contributed by atoms with Gasteiger partial charge in [-0.3, -0.25) is 0 Å². The van der Waals surface area contributed by atoms with E-state index in [0.717, 1.165) is 25.8 Å². The van der Waals surface area contributed by atoms with Crippen LogP contribution in [0.15, 0.2) is 16.7 Å². The second kappa shape index (κ2) is 5.78. The number of hydrogen-bond acceptors (Lipinski definition) is 3. The number of pyridine rings is 1. The smallest absolute Gasteiger partial charge is 0.166 e. The van der Waals surface area contributed by atoms with Crippen molar-refractivity contribution < 1.29 is 4.39 Å². The minimum Gasteiger partial charge on any atom is -0.350 e. The normalized spacial score (nSPS) is 21.4. The predicted octanol–water partition coefficient (Wildman–Crippen LogP) is 2.69. The van der Waals surface area contributed by atoms with Crippen LogP contribution in [0.2, 0.25) is 0 Å². The molecule has 1 unspecified atom stereocenters. The molecule has 0 saturated carbocycles. The van der Waals surface area contributed by atoms with Crippen LogP contribution in [0.25, 0.3) is 0 Å². The van der Waals surface area contributed by atoms with Gasteiger partial charge in [-0.25, -0.2) is 9.37 Å². The van der Waals surface area contributed by atoms with Crippen LogP contribution in [0, 0.1) is 5.82 Å². The Kier molecular flexibility index (Phi) is 4.34. The molecule has 1 fully saturated rings. The third kappa shape index (κ3) is 2.96. The van der Waals surface area contributed by atoms with Crippen LogP contribution in [0.3, 0.4) is 0 Å². The van der Waals surface area contributed by atoms with E-state index in [0.29, 0.717) is 16.8 Å². The second-order valence-corrected chi connectivity index (χ2v) is 5.31. The number of hydrogen-bond donors (Lipinski definition) is 1. The standard InChI is InChI=1S/C12H17BrFN3/c13-9-6-11(14)12(16-8-9)17-5-3-1-2-4-10(17)7-15/h6,8,10H,1-5,7,15H2. The molecule has 2 rings (SSSR count). The molecular formula is C12H17BrFN3. The minimum absolute atomic E-state index is 0.209. The monoisotopic (exact) mass is 301 g/mol. The molecule has 1 atom stereocenters. The molecule has 1 aliphatic rings. The first kappa shape index (κ1) is 12.8. The zero-order chi connectivity index (χ0) is 12.3. The van der Waals surface area contributed by atoms with Gasteiger partial charge in [-0.05, 0) is 34.8 Å². The van der Waals surface area contributed by atoms with Gasteiger partial charge in [0.1, 0.15) is 0 Å². The Labute approximate surface area is 109 Å². The molecule has 1 aromatic heterocycles. The van der Waals surface area contributed by atoms with Gasteiger partial charge in [-0.1, -0.05) is 12.8 Å². The van der Waals surface area contributed by atoms with Gasteiger partial charge < -0.3 is 10.6 Å². The van der Waals surface area contributed by atoms with E-state index in [1.165, 1.54) is 12.5 Å². The Morgan fingerprint density at radius 1 is 1.47 bits per heavy atom. The molecule has 94 valence electrons. The summed E-state index contributed by atoms with van der Waals surface area (Å²) in [6.45, 7) is 1.39. The number of halogens is 2. The van der Waals surface area contributed by atoms with Crippen LogP contribution >= 0.6 is 15.9 Å². The highest BCUT2D eigenvalue weighted by molar-refractivity contribution is 9.10. The van der Waals surface area contributed by atoms with E-state index in [1.54, 1.807) is 6.20 Å². The van der Waals surface area contributed by atoms with Crippen molar-refractivity contribution in [3.63, 3.8) is 0 Å². The van der Waals surface area contributed by atoms with Gasteiger partial charge >= 0.3 is 0 Å². The van der Waals surface area contributed by atoms with Crippen molar-refractivity contribution in [3.8, 4) is 0 Å². The molecule has 17 heavy (non-hydrogen) atoms. The Balaban J connectivity index is 2.28. The summed E-state index contributed by atoms with van der Waals surface area (Å²) in [5.74, 6) is 0.158. The van der Waals surface area contributed by atoms with Gasteiger partial charge in [0.15, 0.2) is 11.6 Å². The maximum atomic E-state index is 13.9. The molecule has 2 N–H and O–H groups in total. The number of rotatable bonds is 2. The van der Waals surface area contributed by atoms with E-state index in [2.05, 4.69) is 20.9 Å². The minimum atomic E-state index is -0.278. The zero-order valence-electron chi connectivity index (χ0n) is 9.70. The SMILES string of the molecule is NCC1CCCCCN1c1ncc(Br)cc1F. The van der Waals surface area contributed by atoms with Crippen LogP contribution in [0.5, 0.6) is 0 Å². The van der Waals surface area contributed by atoms with E-state index in [1.807, 2.05) is 4.90 Å². The van der Waals surface area contributed by atoms with Crippen molar-refractivity contribution in [2.24, 2.45) is 5.73 Å². The van der Waals surface area contributed by atoms with E-state index in [4.69, 9.17) is 5.73 Å². The van der Waals surface area contributed by atoms with Crippen molar-refractivity contribution in [1.29, 1.82) is 0 Å². The number of aromatic nitrogens is 1. The molecule has 1 aromatic rings. The summed E-state index contributed by atoms with van der Waals surface area (Å²) < 4.78 is 14.6. The molecule has 5 heteroatoms. The van der Waals surface area contributed by atoms with Crippen LogP contribution in [-0.2, 0) is 0 Å². The molecular weight excluding hydrogens is 285 g/mol. The van der Waals surface area contributed by atoms with Crippen molar-refractivity contribution in [2.45, 2.75) is 31.7 Å². The van der Waals surface area contributed by atoms with Crippen molar-refractivity contribution in [1.82, 2.24) is 4.98 Å². The predicted molar refractivity (Wildman–Crippen MR) is 70.6 cm³/mol. The maximum Gasteiger partial charge on any atom is 0.166 e. The van der Waals surface area contributed by atoms with Crippen molar-refractivity contribution in [2.75, 3.05) is 18.0 Å². The van der Waals surface area contributed by atoms with Crippen molar-refractivity contribution in [3.05, 3.63) is 22.6 Å². The molecule has 0 amide bonds. The summed E-state index contributed by atoms with van der Waals surface area (Å²) in [4.78, 5) is 6.21. The average Bonchev–Trinajstić information content (AvgIpc) is 2.54. The summed E-state index contributed by atoms with van der Waals surface area (Å²) in [5.41, 5.74) is 5.78.